The van der Waals surface area contributed by atoms with Crippen LogP contribution in [0.3, 0.4) is 0 Å². The summed E-state index contributed by atoms with van der Waals surface area (Å²) in [5, 5.41) is 3.77. The molecule has 1 aromatic rings. The van der Waals surface area contributed by atoms with Crippen LogP contribution < -0.4 is 0 Å². The molecule has 1 amide bonds. The smallest absolute Gasteiger partial charge is 0.410 e. The Labute approximate surface area is 113 Å². The topological polar surface area (TPSA) is 68.5 Å². The zero-order chi connectivity index (χ0) is 14.0. The highest BCUT2D eigenvalue weighted by atomic mass is 16.6. The van der Waals surface area contributed by atoms with Crippen LogP contribution in [0.15, 0.2) is 4.52 Å². The summed E-state index contributed by atoms with van der Waals surface area (Å²) in [6.45, 7) is 8.84. The van der Waals surface area contributed by atoms with Crippen molar-refractivity contribution in [2.75, 3.05) is 13.1 Å². The normalized spacial score (nSPS) is 19.8. The van der Waals surface area contributed by atoms with Crippen LogP contribution in [0.2, 0.25) is 0 Å². The number of likely N-dealkylation sites (tertiary alicyclic amines) is 1. The van der Waals surface area contributed by atoms with Gasteiger partial charge >= 0.3 is 6.09 Å². The quantitative estimate of drug-likeness (QED) is 0.821. The van der Waals surface area contributed by atoms with Crippen molar-refractivity contribution in [3.05, 3.63) is 11.7 Å². The summed E-state index contributed by atoms with van der Waals surface area (Å²) >= 11 is 0. The average molecular weight is 267 g/mol. The van der Waals surface area contributed by atoms with Gasteiger partial charge in [-0.2, -0.15) is 4.98 Å². The van der Waals surface area contributed by atoms with E-state index in [0.29, 0.717) is 24.2 Å². The predicted molar refractivity (Wildman–Crippen MR) is 68.7 cm³/mol. The van der Waals surface area contributed by atoms with Crippen LogP contribution in [0.4, 0.5) is 4.79 Å². The Kier molecular flexibility index (Phi) is 3.78. The third-order valence-electron chi connectivity index (χ3n) is 2.97. The van der Waals surface area contributed by atoms with E-state index in [1.165, 1.54) is 0 Å². The second kappa shape index (κ2) is 5.19. The number of nitrogens with zero attached hydrogens (tertiary/aromatic N) is 3. The summed E-state index contributed by atoms with van der Waals surface area (Å²) in [4.78, 5) is 17.9. The third kappa shape index (κ3) is 3.94. The van der Waals surface area contributed by atoms with E-state index in [4.69, 9.17) is 9.26 Å². The second-order valence-corrected chi connectivity index (χ2v) is 6.02. The molecular formula is C13H21N3O3. The van der Waals surface area contributed by atoms with Gasteiger partial charge in [-0.1, -0.05) is 5.16 Å². The van der Waals surface area contributed by atoms with E-state index >= 15 is 0 Å². The fraction of sp³-hybridized carbons (Fsp3) is 0.769. The molecule has 1 aliphatic rings. The molecule has 1 aromatic heterocycles. The molecule has 0 spiro atoms. The van der Waals surface area contributed by atoms with Gasteiger partial charge in [0.05, 0.1) is 0 Å². The number of carbonyl (C=O) groups is 1. The first-order chi connectivity index (χ1) is 8.83. The molecule has 2 heterocycles. The fourth-order valence-corrected chi connectivity index (χ4v) is 2.16. The zero-order valence-electron chi connectivity index (χ0n) is 12.0. The van der Waals surface area contributed by atoms with Crippen molar-refractivity contribution in [1.29, 1.82) is 0 Å². The minimum absolute atomic E-state index is 0.239. The molecule has 0 bridgehead atoms. The lowest BCUT2D eigenvalue weighted by atomic mass is 10.1. The molecule has 1 fully saturated rings. The number of rotatable bonds is 2. The predicted octanol–water partition coefficient (Wildman–Crippen LogP) is 2.18. The van der Waals surface area contributed by atoms with Crippen LogP contribution in [0, 0.1) is 12.8 Å². The van der Waals surface area contributed by atoms with Crippen LogP contribution in [-0.4, -0.2) is 39.8 Å². The van der Waals surface area contributed by atoms with Crippen molar-refractivity contribution in [2.24, 2.45) is 5.92 Å². The van der Waals surface area contributed by atoms with E-state index < -0.39 is 5.60 Å². The van der Waals surface area contributed by atoms with Gasteiger partial charge in [0.15, 0.2) is 5.82 Å². The van der Waals surface area contributed by atoms with Crippen molar-refractivity contribution in [2.45, 2.75) is 46.1 Å². The molecule has 2 rings (SSSR count). The minimum Gasteiger partial charge on any atom is -0.444 e. The second-order valence-electron chi connectivity index (χ2n) is 6.02. The van der Waals surface area contributed by atoms with Gasteiger partial charge in [0.1, 0.15) is 5.60 Å². The number of hydrogen-bond donors (Lipinski definition) is 0. The Bertz CT molecular complexity index is 450. The highest BCUT2D eigenvalue weighted by Gasteiger charge is 2.30. The first-order valence-corrected chi connectivity index (χ1v) is 6.60. The Hall–Kier alpha value is -1.59. The van der Waals surface area contributed by atoms with Crippen molar-refractivity contribution < 1.29 is 14.1 Å². The molecule has 0 unspecified atom stereocenters. The molecule has 1 aliphatic heterocycles. The van der Waals surface area contributed by atoms with Crippen molar-refractivity contribution in [3.8, 4) is 0 Å². The molecule has 0 aromatic carbocycles. The Morgan fingerprint density at radius 3 is 2.84 bits per heavy atom. The van der Waals surface area contributed by atoms with E-state index in [2.05, 4.69) is 10.1 Å². The molecule has 6 nitrogen and oxygen atoms in total. The maximum Gasteiger partial charge on any atom is 0.410 e. The number of hydrogen-bond acceptors (Lipinski definition) is 5. The van der Waals surface area contributed by atoms with Crippen LogP contribution in [0.5, 0.6) is 0 Å². The SMILES string of the molecule is Cc1noc(C[C@@H]2CCN(C(=O)OC(C)(C)C)C2)n1. The maximum absolute atomic E-state index is 11.9. The van der Waals surface area contributed by atoms with E-state index in [1.54, 1.807) is 11.8 Å². The van der Waals surface area contributed by atoms with E-state index in [9.17, 15) is 4.79 Å². The van der Waals surface area contributed by atoms with Gasteiger partial charge in [0, 0.05) is 19.5 Å². The van der Waals surface area contributed by atoms with Crippen LogP contribution >= 0.6 is 0 Å². The summed E-state index contributed by atoms with van der Waals surface area (Å²) in [7, 11) is 0. The van der Waals surface area contributed by atoms with Crippen molar-refractivity contribution in [3.63, 3.8) is 0 Å². The van der Waals surface area contributed by atoms with Crippen LogP contribution in [0.1, 0.15) is 38.9 Å². The molecule has 0 N–H and O–H groups in total. The first-order valence-electron chi connectivity index (χ1n) is 6.60. The van der Waals surface area contributed by atoms with Crippen molar-refractivity contribution in [1.82, 2.24) is 15.0 Å². The molecule has 0 aliphatic carbocycles. The molecule has 19 heavy (non-hydrogen) atoms. The summed E-state index contributed by atoms with van der Waals surface area (Å²) < 4.78 is 10.5. The molecule has 0 radical (unpaired) electrons. The average Bonchev–Trinajstić information content (AvgIpc) is 2.86. The molecule has 6 heteroatoms. The number of ether oxygens (including phenoxy) is 1. The summed E-state index contributed by atoms with van der Waals surface area (Å²) in [5.41, 5.74) is -0.446. The fourth-order valence-electron chi connectivity index (χ4n) is 2.16. The Morgan fingerprint density at radius 2 is 2.26 bits per heavy atom. The molecule has 0 saturated carbocycles. The monoisotopic (exact) mass is 267 g/mol. The number of carbonyl (C=O) groups excluding carboxylic acids is 1. The Morgan fingerprint density at radius 1 is 1.53 bits per heavy atom. The standard InChI is InChI=1S/C13H21N3O3/c1-9-14-11(19-15-9)7-10-5-6-16(8-10)12(17)18-13(2,3)4/h10H,5-8H2,1-4H3/t10-/m0/s1. The summed E-state index contributed by atoms with van der Waals surface area (Å²) in [6, 6.07) is 0. The van der Waals surface area contributed by atoms with E-state index in [0.717, 1.165) is 19.4 Å². The minimum atomic E-state index is -0.446. The summed E-state index contributed by atoms with van der Waals surface area (Å²) in [6.07, 6.45) is 1.43. The van der Waals surface area contributed by atoms with Crippen molar-refractivity contribution >= 4 is 6.09 Å². The highest BCUT2D eigenvalue weighted by molar-refractivity contribution is 5.68. The lowest BCUT2D eigenvalue weighted by Crippen LogP contribution is -2.35. The van der Waals surface area contributed by atoms with Gasteiger partial charge in [-0.25, -0.2) is 4.79 Å². The van der Waals surface area contributed by atoms with Gasteiger partial charge < -0.3 is 14.2 Å². The highest BCUT2D eigenvalue weighted by Crippen LogP contribution is 2.22. The zero-order valence-corrected chi connectivity index (χ0v) is 12.0. The van der Waals surface area contributed by atoms with E-state index in [1.807, 2.05) is 20.8 Å². The molecule has 1 atom stereocenters. The number of aromatic nitrogens is 2. The van der Waals surface area contributed by atoms with E-state index in [-0.39, 0.29) is 6.09 Å². The van der Waals surface area contributed by atoms with Crippen LogP contribution in [-0.2, 0) is 11.2 Å². The molecule has 106 valence electrons. The van der Waals surface area contributed by atoms with Crippen LogP contribution in [0.25, 0.3) is 0 Å². The first kappa shape index (κ1) is 13.8. The Balaban J connectivity index is 1.84. The van der Waals surface area contributed by atoms with Gasteiger partial charge in [0.25, 0.3) is 0 Å². The lowest BCUT2D eigenvalue weighted by molar-refractivity contribution is 0.0287. The maximum atomic E-state index is 11.9. The third-order valence-corrected chi connectivity index (χ3v) is 2.97. The summed E-state index contributed by atoms with van der Waals surface area (Å²) in [5.74, 6) is 1.66. The largest absolute Gasteiger partial charge is 0.444 e. The van der Waals surface area contributed by atoms with Gasteiger partial charge in [-0.15, -0.1) is 0 Å². The van der Waals surface area contributed by atoms with Gasteiger partial charge in [0.2, 0.25) is 5.89 Å². The van der Waals surface area contributed by atoms with Gasteiger partial charge in [-0.05, 0) is 40.0 Å². The lowest BCUT2D eigenvalue weighted by Gasteiger charge is -2.24. The molecule has 1 saturated heterocycles. The van der Waals surface area contributed by atoms with Gasteiger partial charge in [-0.3, -0.25) is 0 Å². The molecular weight excluding hydrogens is 246 g/mol. The number of amides is 1. The number of aryl methyl sites for hydroxylation is 1.